The fourth-order valence-corrected chi connectivity index (χ4v) is 2.01. The minimum absolute atomic E-state index is 0.148. The van der Waals surface area contributed by atoms with Crippen LogP contribution in [0, 0.1) is 5.82 Å². The number of hydrogen-bond donors (Lipinski definition) is 1. The molecule has 1 aliphatic rings. The van der Waals surface area contributed by atoms with E-state index in [-0.39, 0.29) is 5.82 Å². The molecule has 1 nitrogen and oxygen atoms in total. The predicted molar refractivity (Wildman–Crippen MR) is 56.2 cm³/mol. The van der Waals surface area contributed by atoms with Gasteiger partial charge >= 0.3 is 0 Å². The Bertz CT molecular complexity index is 312. The lowest BCUT2D eigenvalue weighted by Crippen LogP contribution is -2.22. The average molecular weight is 197 g/mol. The Morgan fingerprint density at radius 2 is 2.31 bits per heavy atom. The van der Waals surface area contributed by atoms with E-state index in [0.717, 1.165) is 31.0 Å². The number of benzene rings is 1. The summed E-state index contributed by atoms with van der Waals surface area (Å²) in [5.74, 6) is 0.667. The maximum atomic E-state index is 12.9. The van der Waals surface area contributed by atoms with Crippen LogP contribution < -0.4 is 4.90 Å². The van der Waals surface area contributed by atoms with Crippen LogP contribution in [0.3, 0.4) is 0 Å². The highest BCUT2D eigenvalue weighted by atomic mass is 32.1. The molecule has 70 valence electrons. The third kappa shape index (κ3) is 1.66. The van der Waals surface area contributed by atoms with Gasteiger partial charge in [-0.05, 0) is 24.1 Å². The summed E-state index contributed by atoms with van der Waals surface area (Å²) in [6.07, 6.45) is 1.03. The number of nitrogens with zero attached hydrogens (tertiary/aromatic N) is 1. The molecule has 0 aliphatic carbocycles. The molecule has 0 saturated heterocycles. The van der Waals surface area contributed by atoms with E-state index in [9.17, 15) is 4.39 Å². The fourth-order valence-electron chi connectivity index (χ4n) is 1.77. The third-order valence-electron chi connectivity index (χ3n) is 2.41. The van der Waals surface area contributed by atoms with Crippen LogP contribution >= 0.6 is 12.6 Å². The van der Waals surface area contributed by atoms with Crippen LogP contribution in [0.1, 0.15) is 5.56 Å². The number of thiol groups is 1. The molecule has 0 atom stereocenters. The summed E-state index contributed by atoms with van der Waals surface area (Å²) in [5, 5.41) is 0. The van der Waals surface area contributed by atoms with Crippen LogP contribution in [0.4, 0.5) is 10.1 Å². The summed E-state index contributed by atoms with van der Waals surface area (Å²) >= 11 is 4.18. The molecule has 0 radical (unpaired) electrons. The Labute approximate surface area is 83.0 Å². The van der Waals surface area contributed by atoms with Crippen molar-refractivity contribution in [2.75, 3.05) is 23.7 Å². The van der Waals surface area contributed by atoms with Gasteiger partial charge in [-0.25, -0.2) is 4.39 Å². The second kappa shape index (κ2) is 3.58. The van der Waals surface area contributed by atoms with Crippen molar-refractivity contribution < 1.29 is 4.39 Å². The first-order chi connectivity index (χ1) is 6.31. The molecule has 1 aromatic carbocycles. The van der Waals surface area contributed by atoms with Gasteiger partial charge in [0.15, 0.2) is 0 Å². The van der Waals surface area contributed by atoms with Crippen molar-refractivity contribution in [2.45, 2.75) is 6.42 Å². The molecule has 0 amide bonds. The Kier molecular flexibility index (Phi) is 2.44. The maximum Gasteiger partial charge on any atom is 0.125 e. The summed E-state index contributed by atoms with van der Waals surface area (Å²) in [4.78, 5) is 2.19. The first-order valence-corrected chi connectivity index (χ1v) is 5.09. The lowest BCUT2D eigenvalue weighted by atomic mass is 10.2. The summed E-state index contributed by atoms with van der Waals surface area (Å²) in [6, 6.07) is 5.03. The van der Waals surface area contributed by atoms with Crippen molar-refractivity contribution in [3.8, 4) is 0 Å². The van der Waals surface area contributed by atoms with Crippen LogP contribution in [0.2, 0.25) is 0 Å². The Balaban J connectivity index is 2.29. The van der Waals surface area contributed by atoms with Crippen LogP contribution in [-0.2, 0) is 6.42 Å². The lowest BCUT2D eigenvalue weighted by Gasteiger charge is -2.17. The molecule has 1 aliphatic heterocycles. The van der Waals surface area contributed by atoms with E-state index in [2.05, 4.69) is 17.5 Å². The standard InChI is InChI=1S/C10H12FNS/c11-9-2-1-8-3-4-12(5-6-13)10(8)7-9/h1-2,7,13H,3-6H2. The molecule has 0 bridgehead atoms. The number of hydrogen-bond acceptors (Lipinski definition) is 2. The SMILES string of the molecule is Fc1ccc2c(c1)N(CCS)CC2. The van der Waals surface area contributed by atoms with Crippen molar-refractivity contribution in [2.24, 2.45) is 0 Å². The Hall–Kier alpha value is -0.700. The average Bonchev–Trinajstić information content (AvgIpc) is 2.49. The van der Waals surface area contributed by atoms with Gasteiger partial charge in [-0.2, -0.15) is 12.6 Å². The van der Waals surface area contributed by atoms with Gasteiger partial charge in [0, 0.05) is 24.5 Å². The smallest absolute Gasteiger partial charge is 0.125 e. The van der Waals surface area contributed by atoms with Crippen LogP contribution in [0.25, 0.3) is 0 Å². The minimum Gasteiger partial charge on any atom is -0.370 e. The largest absolute Gasteiger partial charge is 0.370 e. The Morgan fingerprint density at radius 3 is 3.08 bits per heavy atom. The fraction of sp³-hybridized carbons (Fsp3) is 0.400. The van der Waals surface area contributed by atoms with Gasteiger partial charge in [0.05, 0.1) is 0 Å². The summed E-state index contributed by atoms with van der Waals surface area (Å²) in [5.41, 5.74) is 2.30. The van der Waals surface area contributed by atoms with Gasteiger partial charge in [0.2, 0.25) is 0 Å². The van der Waals surface area contributed by atoms with E-state index in [1.165, 1.54) is 11.6 Å². The molecule has 0 aromatic heterocycles. The molecule has 0 N–H and O–H groups in total. The third-order valence-corrected chi connectivity index (χ3v) is 2.61. The van der Waals surface area contributed by atoms with E-state index in [0.29, 0.717) is 0 Å². The maximum absolute atomic E-state index is 12.9. The molecule has 0 spiro atoms. The quantitative estimate of drug-likeness (QED) is 0.711. The minimum atomic E-state index is -0.148. The molecule has 0 fully saturated rings. The van der Waals surface area contributed by atoms with E-state index in [1.54, 1.807) is 6.07 Å². The van der Waals surface area contributed by atoms with Gasteiger partial charge in [-0.15, -0.1) is 0 Å². The van der Waals surface area contributed by atoms with E-state index in [1.807, 2.05) is 6.07 Å². The van der Waals surface area contributed by atoms with E-state index < -0.39 is 0 Å². The summed E-state index contributed by atoms with van der Waals surface area (Å²) < 4.78 is 12.9. The zero-order valence-corrected chi connectivity index (χ0v) is 8.23. The zero-order chi connectivity index (χ0) is 9.26. The Morgan fingerprint density at radius 1 is 1.46 bits per heavy atom. The molecule has 13 heavy (non-hydrogen) atoms. The number of fused-ring (bicyclic) bond motifs is 1. The molecule has 1 heterocycles. The van der Waals surface area contributed by atoms with Crippen LogP contribution in [0.15, 0.2) is 18.2 Å². The zero-order valence-electron chi connectivity index (χ0n) is 7.33. The summed E-state index contributed by atoms with van der Waals surface area (Å²) in [7, 11) is 0. The highest BCUT2D eigenvalue weighted by Gasteiger charge is 2.18. The van der Waals surface area contributed by atoms with Gasteiger partial charge in [0.25, 0.3) is 0 Å². The molecular weight excluding hydrogens is 185 g/mol. The molecule has 3 heteroatoms. The van der Waals surface area contributed by atoms with Crippen LogP contribution in [0.5, 0.6) is 0 Å². The highest BCUT2D eigenvalue weighted by Crippen LogP contribution is 2.28. The van der Waals surface area contributed by atoms with Crippen molar-refractivity contribution >= 4 is 18.3 Å². The van der Waals surface area contributed by atoms with Gasteiger partial charge in [0.1, 0.15) is 5.82 Å². The van der Waals surface area contributed by atoms with Crippen molar-refractivity contribution in [1.82, 2.24) is 0 Å². The molecule has 1 aromatic rings. The predicted octanol–water partition coefficient (Wildman–Crippen LogP) is 2.12. The second-order valence-electron chi connectivity index (χ2n) is 3.23. The summed E-state index contributed by atoms with van der Waals surface area (Å²) in [6.45, 7) is 1.90. The molecule has 2 rings (SSSR count). The van der Waals surface area contributed by atoms with E-state index in [4.69, 9.17) is 0 Å². The monoisotopic (exact) mass is 197 g/mol. The first kappa shape index (κ1) is 8.88. The number of rotatable bonds is 2. The number of anilines is 1. The highest BCUT2D eigenvalue weighted by molar-refractivity contribution is 7.80. The first-order valence-electron chi connectivity index (χ1n) is 4.45. The van der Waals surface area contributed by atoms with Gasteiger partial charge in [-0.3, -0.25) is 0 Å². The molecule has 0 unspecified atom stereocenters. The molecular formula is C10H12FNS. The van der Waals surface area contributed by atoms with Gasteiger partial charge in [-0.1, -0.05) is 6.07 Å². The van der Waals surface area contributed by atoms with Crippen molar-refractivity contribution in [3.63, 3.8) is 0 Å². The second-order valence-corrected chi connectivity index (χ2v) is 3.68. The molecule has 0 saturated carbocycles. The van der Waals surface area contributed by atoms with Gasteiger partial charge < -0.3 is 4.90 Å². The lowest BCUT2D eigenvalue weighted by molar-refractivity contribution is 0.627. The van der Waals surface area contributed by atoms with Crippen LogP contribution in [-0.4, -0.2) is 18.8 Å². The topological polar surface area (TPSA) is 3.24 Å². The van der Waals surface area contributed by atoms with E-state index >= 15 is 0 Å². The number of halogens is 1. The van der Waals surface area contributed by atoms with Crippen molar-refractivity contribution in [1.29, 1.82) is 0 Å². The normalized spacial score (nSPS) is 14.8. The van der Waals surface area contributed by atoms with Crippen molar-refractivity contribution in [3.05, 3.63) is 29.6 Å².